The lowest BCUT2D eigenvalue weighted by atomic mass is 9.77. The third-order valence-corrected chi connectivity index (χ3v) is 6.52. The van der Waals surface area contributed by atoms with E-state index in [2.05, 4.69) is 23.5 Å². The van der Waals surface area contributed by atoms with Crippen LogP contribution in [0.1, 0.15) is 29.3 Å². The Labute approximate surface area is 182 Å². The number of amides is 1. The minimum atomic E-state index is -0.970. The number of aryl methyl sites for hydroxylation is 1. The second-order valence-corrected chi connectivity index (χ2v) is 8.65. The fraction of sp³-hybridized carbons (Fsp3) is 0.208. The average molecular weight is 435 g/mol. The van der Waals surface area contributed by atoms with E-state index in [1.165, 1.54) is 17.4 Å². The number of carbonyl (C=O) groups excluding carboxylic acids is 1. The second kappa shape index (κ2) is 8.15. The van der Waals surface area contributed by atoms with Crippen molar-refractivity contribution in [1.29, 1.82) is 0 Å². The Morgan fingerprint density at radius 1 is 1.13 bits per heavy atom. The molecule has 2 aromatic heterocycles. The number of thiophene rings is 1. The van der Waals surface area contributed by atoms with Crippen LogP contribution in [-0.4, -0.2) is 15.9 Å². The molecule has 7 heteroatoms. The highest BCUT2D eigenvalue weighted by molar-refractivity contribution is 7.13. The first-order valence-corrected chi connectivity index (χ1v) is 11.0. The molecule has 4 nitrogen and oxygen atoms in total. The molecule has 0 saturated carbocycles. The molecule has 0 spiro atoms. The fourth-order valence-electron chi connectivity index (χ4n) is 4.14. The highest BCUT2D eigenvalue weighted by Gasteiger charge is 2.31. The monoisotopic (exact) mass is 435 g/mol. The van der Waals surface area contributed by atoms with Gasteiger partial charge in [-0.15, -0.1) is 11.3 Å². The van der Waals surface area contributed by atoms with E-state index in [0.29, 0.717) is 23.0 Å². The summed E-state index contributed by atoms with van der Waals surface area (Å²) in [7, 11) is 0. The topological polar surface area (TPSA) is 54.9 Å². The molecule has 0 fully saturated rings. The van der Waals surface area contributed by atoms with E-state index in [0.717, 1.165) is 41.2 Å². The molecule has 31 heavy (non-hydrogen) atoms. The number of rotatable bonds is 4. The van der Waals surface area contributed by atoms with Crippen LogP contribution in [-0.2, 0) is 17.6 Å². The van der Waals surface area contributed by atoms with Crippen LogP contribution >= 0.6 is 11.3 Å². The minimum absolute atomic E-state index is 0.0852. The van der Waals surface area contributed by atoms with Gasteiger partial charge in [-0.3, -0.25) is 4.79 Å². The standard InChI is InChI=1S/C24H19F2N3OS/c25-17-9-7-14(12-18(17)26)13-21(30)28-24-23(20-6-3-11-31-20)29-22-16-5-2-1-4-15(16)8-10-19(22)27-24/h1-7,9,11-12,15-16H,8,10,13H2,(H,27,28,30). The summed E-state index contributed by atoms with van der Waals surface area (Å²) in [6.45, 7) is 0. The largest absolute Gasteiger partial charge is 0.309 e. The smallest absolute Gasteiger partial charge is 0.230 e. The third-order valence-electron chi connectivity index (χ3n) is 5.64. The molecule has 0 saturated heterocycles. The minimum Gasteiger partial charge on any atom is -0.309 e. The first kappa shape index (κ1) is 19.8. The van der Waals surface area contributed by atoms with Gasteiger partial charge in [0.15, 0.2) is 17.5 Å². The molecule has 2 heterocycles. The number of carbonyl (C=O) groups is 1. The summed E-state index contributed by atoms with van der Waals surface area (Å²) in [5.41, 5.74) is 2.88. The highest BCUT2D eigenvalue weighted by atomic mass is 32.1. The summed E-state index contributed by atoms with van der Waals surface area (Å²) in [5, 5.41) is 4.80. The molecular formula is C24H19F2N3OS. The summed E-state index contributed by atoms with van der Waals surface area (Å²) >= 11 is 1.53. The molecule has 0 bridgehead atoms. The van der Waals surface area contributed by atoms with Crippen molar-refractivity contribution >= 4 is 23.1 Å². The van der Waals surface area contributed by atoms with Gasteiger partial charge >= 0.3 is 0 Å². The van der Waals surface area contributed by atoms with Crippen LogP contribution in [0.3, 0.4) is 0 Å². The van der Waals surface area contributed by atoms with Crippen molar-refractivity contribution in [2.45, 2.75) is 25.2 Å². The van der Waals surface area contributed by atoms with Crippen molar-refractivity contribution in [3.63, 3.8) is 0 Å². The number of hydrogen-bond acceptors (Lipinski definition) is 4. The molecule has 5 rings (SSSR count). The van der Waals surface area contributed by atoms with Crippen molar-refractivity contribution in [2.24, 2.45) is 5.92 Å². The number of aromatic nitrogens is 2. The average Bonchev–Trinajstić information content (AvgIpc) is 3.30. The summed E-state index contributed by atoms with van der Waals surface area (Å²) in [6.07, 6.45) is 10.2. The quantitative estimate of drug-likeness (QED) is 0.594. The van der Waals surface area contributed by atoms with Gasteiger partial charge in [0, 0.05) is 5.92 Å². The highest BCUT2D eigenvalue weighted by Crippen LogP contribution is 2.40. The normalized spacial score (nSPS) is 19.0. The van der Waals surface area contributed by atoms with Crippen LogP contribution < -0.4 is 5.32 Å². The predicted molar refractivity (Wildman–Crippen MR) is 117 cm³/mol. The lowest BCUT2D eigenvalue weighted by Crippen LogP contribution is -2.24. The van der Waals surface area contributed by atoms with E-state index in [-0.39, 0.29) is 18.2 Å². The van der Waals surface area contributed by atoms with Crippen LogP contribution in [0, 0.1) is 17.6 Å². The first-order valence-electron chi connectivity index (χ1n) is 10.1. The molecule has 2 aliphatic rings. The Morgan fingerprint density at radius 2 is 2.00 bits per heavy atom. The molecule has 3 aromatic rings. The maximum absolute atomic E-state index is 13.5. The zero-order chi connectivity index (χ0) is 21.4. The van der Waals surface area contributed by atoms with Crippen LogP contribution in [0.2, 0.25) is 0 Å². The van der Waals surface area contributed by atoms with E-state index >= 15 is 0 Å². The lowest BCUT2D eigenvalue weighted by Gasteiger charge is -2.30. The Balaban J connectivity index is 1.48. The maximum atomic E-state index is 13.5. The van der Waals surface area contributed by atoms with Crippen molar-refractivity contribution < 1.29 is 13.6 Å². The van der Waals surface area contributed by atoms with Crippen LogP contribution in [0.4, 0.5) is 14.6 Å². The molecule has 2 atom stereocenters. The molecule has 1 N–H and O–H groups in total. The van der Waals surface area contributed by atoms with Gasteiger partial charge in [-0.2, -0.15) is 0 Å². The van der Waals surface area contributed by atoms with E-state index < -0.39 is 11.6 Å². The number of nitrogens with zero attached hydrogens (tertiary/aromatic N) is 2. The van der Waals surface area contributed by atoms with Gasteiger partial charge in [-0.25, -0.2) is 18.7 Å². The summed E-state index contributed by atoms with van der Waals surface area (Å²) in [4.78, 5) is 23.4. The second-order valence-electron chi connectivity index (χ2n) is 7.70. The number of fused-ring (bicyclic) bond motifs is 3. The SMILES string of the molecule is O=C(Cc1ccc(F)c(F)c1)Nc1nc2c(nc1-c1cccs1)C1C=CC=CC1CC2. The first-order chi connectivity index (χ1) is 15.1. The zero-order valence-electron chi connectivity index (χ0n) is 16.5. The van der Waals surface area contributed by atoms with E-state index in [9.17, 15) is 13.6 Å². The van der Waals surface area contributed by atoms with Crippen molar-refractivity contribution in [3.8, 4) is 10.6 Å². The van der Waals surface area contributed by atoms with E-state index in [4.69, 9.17) is 9.97 Å². The molecule has 0 radical (unpaired) electrons. The van der Waals surface area contributed by atoms with Crippen molar-refractivity contribution in [1.82, 2.24) is 9.97 Å². The summed E-state index contributed by atoms with van der Waals surface area (Å²) < 4.78 is 26.7. The Morgan fingerprint density at radius 3 is 2.81 bits per heavy atom. The molecule has 1 amide bonds. The number of allylic oxidation sites excluding steroid dienone is 4. The Hall–Kier alpha value is -3.19. The van der Waals surface area contributed by atoms with Gasteiger partial charge in [-0.1, -0.05) is 36.4 Å². The number of nitrogens with one attached hydrogen (secondary N) is 1. The van der Waals surface area contributed by atoms with Gasteiger partial charge in [0.25, 0.3) is 0 Å². The van der Waals surface area contributed by atoms with Crippen LogP contribution in [0.15, 0.2) is 60.0 Å². The number of hydrogen-bond donors (Lipinski definition) is 1. The van der Waals surface area contributed by atoms with Gasteiger partial charge in [0.2, 0.25) is 5.91 Å². The fourth-order valence-corrected chi connectivity index (χ4v) is 4.86. The summed E-state index contributed by atoms with van der Waals surface area (Å²) in [6, 6.07) is 7.34. The molecule has 1 aromatic carbocycles. The van der Waals surface area contributed by atoms with Gasteiger partial charge in [-0.05, 0) is 47.9 Å². The van der Waals surface area contributed by atoms with Gasteiger partial charge in [0.05, 0.1) is 22.7 Å². The van der Waals surface area contributed by atoms with Crippen molar-refractivity contribution in [2.75, 3.05) is 5.32 Å². The molecular weight excluding hydrogens is 416 g/mol. The van der Waals surface area contributed by atoms with Gasteiger partial charge in [0.1, 0.15) is 5.69 Å². The van der Waals surface area contributed by atoms with Gasteiger partial charge < -0.3 is 5.32 Å². The molecule has 156 valence electrons. The van der Waals surface area contributed by atoms with E-state index in [1.54, 1.807) is 0 Å². The number of benzene rings is 1. The predicted octanol–water partition coefficient (Wildman–Crippen LogP) is 5.44. The molecule has 0 aliphatic heterocycles. The number of anilines is 1. The third kappa shape index (κ3) is 3.93. The Kier molecular flexibility index (Phi) is 5.19. The number of halogens is 2. The Bertz CT molecular complexity index is 1200. The van der Waals surface area contributed by atoms with Crippen molar-refractivity contribution in [3.05, 3.63) is 88.6 Å². The lowest BCUT2D eigenvalue weighted by molar-refractivity contribution is -0.115. The summed E-state index contributed by atoms with van der Waals surface area (Å²) in [5.74, 6) is -1.25. The van der Waals surface area contributed by atoms with Crippen LogP contribution in [0.25, 0.3) is 10.6 Å². The zero-order valence-corrected chi connectivity index (χ0v) is 17.3. The molecule has 2 aliphatic carbocycles. The molecule has 2 unspecified atom stereocenters. The maximum Gasteiger partial charge on any atom is 0.230 e. The van der Waals surface area contributed by atoms with Crippen LogP contribution in [0.5, 0.6) is 0 Å². The van der Waals surface area contributed by atoms with E-state index in [1.807, 2.05) is 23.6 Å².